The van der Waals surface area contributed by atoms with Gasteiger partial charge < -0.3 is 5.32 Å². The number of hydrogen-bond acceptors (Lipinski definition) is 2. The lowest BCUT2D eigenvalue weighted by atomic mass is 9.87. The molecular formula is C14H23N3O. The van der Waals surface area contributed by atoms with E-state index >= 15 is 0 Å². The maximum Gasteiger partial charge on any atom is 0.269 e. The molecule has 1 fully saturated rings. The van der Waals surface area contributed by atoms with Crippen molar-refractivity contribution in [2.75, 3.05) is 0 Å². The Balaban J connectivity index is 1.99. The summed E-state index contributed by atoms with van der Waals surface area (Å²) in [5, 5.41) is 7.46. The number of hydrogen-bond donors (Lipinski definition) is 1. The van der Waals surface area contributed by atoms with E-state index < -0.39 is 0 Å². The van der Waals surface area contributed by atoms with Crippen molar-refractivity contribution in [3.63, 3.8) is 0 Å². The first-order valence-corrected chi connectivity index (χ1v) is 6.95. The molecule has 0 saturated heterocycles. The molecule has 1 aromatic heterocycles. The molecule has 1 saturated carbocycles. The SMILES string of the molecule is CCn1nc(C)cc1C(=O)NC1CCC(C)CC1. The summed E-state index contributed by atoms with van der Waals surface area (Å²) in [6, 6.07) is 2.21. The first-order chi connectivity index (χ1) is 8.60. The van der Waals surface area contributed by atoms with Crippen LogP contribution in [0.1, 0.15) is 55.7 Å². The molecular weight excluding hydrogens is 226 g/mol. The molecule has 0 atom stereocenters. The number of aryl methyl sites for hydroxylation is 2. The van der Waals surface area contributed by atoms with Crippen LogP contribution in [0, 0.1) is 12.8 Å². The van der Waals surface area contributed by atoms with Crippen molar-refractivity contribution < 1.29 is 4.79 Å². The number of nitrogens with one attached hydrogen (secondary N) is 1. The quantitative estimate of drug-likeness (QED) is 0.894. The van der Waals surface area contributed by atoms with E-state index in [1.54, 1.807) is 4.68 Å². The molecule has 0 aromatic carbocycles. The van der Waals surface area contributed by atoms with E-state index in [-0.39, 0.29) is 5.91 Å². The van der Waals surface area contributed by atoms with Gasteiger partial charge in [-0.15, -0.1) is 0 Å². The van der Waals surface area contributed by atoms with E-state index in [0.717, 1.165) is 31.0 Å². The van der Waals surface area contributed by atoms with Gasteiger partial charge in [-0.3, -0.25) is 9.48 Å². The van der Waals surface area contributed by atoms with Crippen molar-refractivity contribution in [2.24, 2.45) is 5.92 Å². The molecule has 1 amide bonds. The van der Waals surface area contributed by atoms with Crippen LogP contribution in [0.25, 0.3) is 0 Å². The highest BCUT2D eigenvalue weighted by Gasteiger charge is 2.21. The average Bonchev–Trinajstić information content (AvgIpc) is 2.73. The zero-order valence-corrected chi connectivity index (χ0v) is 11.6. The fraction of sp³-hybridized carbons (Fsp3) is 0.714. The molecule has 0 spiro atoms. The van der Waals surface area contributed by atoms with Crippen LogP contribution < -0.4 is 5.32 Å². The van der Waals surface area contributed by atoms with Crippen LogP contribution >= 0.6 is 0 Å². The predicted octanol–water partition coefficient (Wildman–Crippen LogP) is 2.52. The monoisotopic (exact) mass is 249 g/mol. The van der Waals surface area contributed by atoms with Gasteiger partial charge in [0.05, 0.1) is 5.69 Å². The summed E-state index contributed by atoms with van der Waals surface area (Å²) >= 11 is 0. The highest BCUT2D eigenvalue weighted by molar-refractivity contribution is 5.92. The van der Waals surface area contributed by atoms with Gasteiger partial charge in [0.15, 0.2) is 0 Å². The van der Waals surface area contributed by atoms with Crippen LogP contribution in [0.3, 0.4) is 0 Å². The molecule has 1 N–H and O–H groups in total. The van der Waals surface area contributed by atoms with Gasteiger partial charge in [-0.1, -0.05) is 6.92 Å². The molecule has 1 heterocycles. The summed E-state index contributed by atoms with van der Waals surface area (Å²) in [7, 11) is 0. The second kappa shape index (κ2) is 5.55. The molecule has 0 bridgehead atoms. The summed E-state index contributed by atoms with van der Waals surface area (Å²) in [5.41, 5.74) is 1.59. The number of carbonyl (C=O) groups excluding carboxylic acids is 1. The summed E-state index contributed by atoms with van der Waals surface area (Å²) in [4.78, 5) is 12.2. The van der Waals surface area contributed by atoms with E-state index in [1.165, 1.54) is 12.8 Å². The fourth-order valence-corrected chi connectivity index (χ4v) is 2.63. The van der Waals surface area contributed by atoms with Crippen LogP contribution in [0.15, 0.2) is 6.07 Å². The topological polar surface area (TPSA) is 46.9 Å². The second-order valence-corrected chi connectivity index (χ2v) is 5.42. The highest BCUT2D eigenvalue weighted by atomic mass is 16.2. The van der Waals surface area contributed by atoms with Crippen LogP contribution in [0.5, 0.6) is 0 Å². The van der Waals surface area contributed by atoms with Gasteiger partial charge in [-0.25, -0.2) is 0 Å². The Morgan fingerprint density at radius 3 is 2.72 bits per heavy atom. The average molecular weight is 249 g/mol. The molecule has 4 nitrogen and oxygen atoms in total. The van der Waals surface area contributed by atoms with Crippen molar-refractivity contribution in [1.82, 2.24) is 15.1 Å². The van der Waals surface area contributed by atoms with Crippen LogP contribution in [0.4, 0.5) is 0 Å². The number of amides is 1. The van der Waals surface area contributed by atoms with Gasteiger partial charge in [0.2, 0.25) is 0 Å². The Morgan fingerprint density at radius 1 is 1.44 bits per heavy atom. The van der Waals surface area contributed by atoms with Crippen molar-refractivity contribution in [3.8, 4) is 0 Å². The Labute approximate surface area is 109 Å². The minimum atomic E-state index is 0.0250. The van der Waals surface area contributed by atoms with Crippen LogP contribution in [-0.2, 0) is 6.54 Å². The Hall–Kier alpha value is -1.32. The summed E-state index contributed by atoms with van der Waals surface area (Å²) in [5.74, 6) is 0.832. The Morgan fingerprint density at radius 2 is 2.11 bits per heavy atom. The Bertz CT molecular complexity index is 417. The molecule has 18 heavy (non-hydrogen) atoms. The highest BCUT2D eigenvalue weighted by Crippen LogP contribution is 2.23. The third-order valence-electron chi connectivity index (χ3n) is 3.79. The summed E-state index contributed by atoms with van der Waals surface area (Å²) in [6.07, 6.45) is 4.65. The maximum atomic E-state index is 12.2. The lowest BCUT2D eigenvalue weighted by Gasteiger charge is -2.26. The lowest BCUT2D eigenvalue weighted by molar-refractivity contribution is 0.0912. The maximum absolute atomic E-state index is 12.2. The van der Waals surface area contributed by atoms with E-state index in [9.17, 15) is 4.79 Å². The third-order valence-corrected chi connectivity index (χ3v) is 3.79. The number of nitrogens with zero attached hydrogens (tertiary/aromatic N) is 2. The molecule has 100 valence electrons. The summed E-state index contributed by atoms with van der Waals surface area (Å²) in [6.45, 7) is 6.95. The van der Waals surface area contributed by atoms with Crippen molar-refractivity contribution in [1.29, 1.82) is 0 Å². The van der Waals surface area contributed by atoms with E-state index in [0.29, 0.717) is 11.7 Å². The summed E-state index contributed by atoms with van der Waals surface area (Å²) < 4.78 is 1.77. The molecule has 0 unspecified atom stereocenters. The van der Waals surface area contributed by atoms with E-state index in [4.69, 9.17) is 0 Å². The van der Waals surface area contributed by atoms with Crippen molar-refractivity contribution >= 4 is 5.91 Å². The zero-order valence-electron chi connectivity index (χ0n) is 11.6. The number of carbonyl (C=O) groups is 1. The Kier molecular flexibility index (Phi) is 4.04. The van der Waals surface area contributed by atoms with Crippen LogP contribution in [0.2, 0.25) is 0 Å². The number of rotatable bonds is 3. The van der Waals surface area contributed by atoms with Gasteiger partial charge in [-0.2, -0.15) is 5.10 Å². The smallest absolute Gasteiger partial charge is 0.269 e. The second-order valence-electron chi connectivity index (χ2n) is 5.42. The van der Waals surface area contributed by atoms with E-state index in [1.807, 2.05) is 19.9 Å². The minimum absolute atomic E-state index is 0.0250. The van der Waals surface area contributed by atoms with Gasteiger partial charge in [0.1, 0.15) is 5.69 Å². The van der Waals surface area contributed by atoms with Crippen molar-refractivity contribution in [3.05, 3.63) is 17.5 Å². The van der Waals surface area contributed by atoms with E-state index in [2.05, 4.69) is 17.3 Å². The lowest BCUT2D eigenvalue weighted by Crippen LogP contribution is -2.38. The predicted molar refractivity (Wildman–Crippen MR) is 71.5 cm³/mol. The molecule has 0 aliphatic heterocycles. The molecule has 4 heteroatoms. The van der Waals surface area contributed by atoms with Gasteiger partial charge in [0, 0.05) is 12.6 Å². The van der Waals surface area contributed by atoms with Gasteiger partial charge >= 0.3 is 0 Å². The normalized spacial score (nSPS) is 23.9. The first kappa shape index (κ1) is 13.1. The fourth-order valence-electron chi connectivity index (χ4n) is 2.63. The van der Waals surface area contributed by atoms with Crippen LogP contribution in [-0.4, -0.2) is 21.7 Å². The number of aromatic nitrogens is 2. The molecule has 2 rings (SSSR count). The molecule has 0 radical (unpaired) electrons. The van der Waals surface area contributed by atoms with Gasteiger partial charge in [-0.05, 0) is 51.5 Å². The standard InChI is InChI=1S/C14H23N3O/c1-4-17-13(9-11(3)16-17)14(18)15-12-7-5-10(2)6-8-12/h9-10,12H,4-8H2,1-3H3,(H,15,18). The van der Waals surface area contributed by atoms with Gasteiger partial charge in [0.25, 0.3) is 5.91 Å². The first-order valence-electron chi connectivity index (χ1n) is 6.95. The minimum Gasteiger partial charge on any atom is -0.348 e. The molecule has 1 aliphatic carbocycles. The van der Waals surface area contributed by atoms with Crippen molar-refractivity contribution in [2.45, 2.75) is 59.0 Å². The third kappa shape index (κ3) is 2.92. The molecule has 1 aromatic rings. The largest absolute Gasteiger partial charge is 0.348 e. The molecule has 1 aliphatic rings. The zero-order chi connectivity index (χ0) is 13.1.